The molecule has 1 aliphatic heterocycles. The van der Waals surface area contributed by atoms with Crippen molar-refractivity contribution in [3.8, 4) is 0 Å². The van der Waals surface area contributed by atoms with E-state index in [0.29, 0.717) is 18.1 Å². The van der Waals surface area contributed by atoms with Gasteiger partial charge in [-0.3, -0.25) is 14.6 Å². The van der Waals surface area contributed by atoms with Crippen LogP contribution in [0.3, 0.4) is 0 Å². The van der Waals surface area contributed by atoms with Crippen molar-refractivity contribution in [2.45, 2.75) is 0 Å². The van der Waals surface area contributed by atoms with Crippen molar-refractivity contribution in [2.75, 3.05) is 37.5 Å². The van der Waals surface area contributed by atoms with Gasteiger partial charge in [-0.15, -0.1) is 11.8 Å². The quantitative estimate of drug-likeness (QED) is 0.777. The van der Waals surface area contributed by atoms with Crippen molar-refractivity contribution in [3.05, 3.63) is 17.4 Å². The van der Waals surface area contributed by atoms with Crippen LogP contribution in [0, 0.1) is 0 Å². The molecule has 0 atom stereocenters. The first-order chi connectivity index (χ1) is 10.7. The van der Waals surface area contributed by atoms with Crippen LogP contribution in [0.2, 0.25) is 0 Å². The fourth-order valence-corrected chi connectivity index (χ4v) is 3.16. The Bertz CT molecular complexity index is 707. The van der Waals surface area contributed by atoms with Gasteiger partial charge in [0, 0.05) is 39.2 Å². The number of nitrogens with one attached hydrogen (secondary N) is 2. The van der Waals surface area contributed by atoms with Gasteiger partial charge in [0.25, 0.3) is 5.91 Å². The van der Waals surface area contributed by atoms with Crippen LogP contribution in [0.15, 0.2) is 17.4 Å². The Morgan fingerprint density at radius 1 is 1.55 bits per heavy atom. The van der Waals surface area contributed by atoms with Crippen LogP contribution in [0.1, 0.15) is 0 Å². The zero-order chi connectivity index (χ0) is 15.5. The molecule has 2 N–H and O–H groups in total. The Labute approximate surface area is 131 Å². The van der Waals surface area contributed by atoms with Gasteiger partial charge in [-0.05, 0) is 0 Å². The summed E-state index contributed by atoms with van der Waals surface area (Å²) in [6.45, 7) is 1.81. The van der Waals surface area contributed by atoms with Gasteiger partial charge in [0.1, 0.15) is 11.8 Å². The molecule has 2 aromatic rings. The Kier molecular flexibility index (Phi) is 4.34. The zero-order valence-electron chi connectivity index (χ0n) is 12.5. The average Bonchev–Trinajstić information content (AvgIpc) is 2.54. The minimum Gasteiger partial charge on any atom is -0.383 e. The van der Waals surface area contributed by atoms with E-state index in [1.165, 1.54) is 0 Å². The molecule has 8 nitrogen and oxygen atoms in total. The number of methoxy groups -OCH3 is 1. The average molecular weight is 322 g/mol. The Morgan fingerprint density at radius 3 is 3.18 bits per heavy atom. The van der Waals surface area contributed by atoms with Crippen LogP contribution in [0.5, 0.6) is 0 Å². The van der Waals surface area contributed by atoms with Gasteiger partial charge in [-0.25, -0.2) is 9.97 Å². The molecule has 3 heterocycles. The number of carbonyl (C=O) groups is 1. The van der Waals surface area contributed by atoms with Crippen LogP contribution in [0.25, 0.3) is 11.2 Å². The first-order valence-corrected chi connectivity index (χ1v) is 7.93. The minimum absolute atomic E-state index is 0.0790. The van der Waals surface area contributed by atoms with Gasteiger partial charge < -0.3 is 15.0 Å². The first-order valence-electron chi connectivity index (χ1n) is 6.94. The summed E-state index contributed by atoms with van der Waals surface area (Å²) in [5.74, 6) is 1.55. The van der Waals surface area contributed by atoms with E-state index in [0.717, 1.165) is 29.3 Å². The van der Waals surface area contributed by atoms with E-state index in [1.54, 1.807) is 25.2 Å². The molecule has 0 saturated carbocycles. The molecular formula is C13H18N6O2S. The minimum atomic E-state index is -0.0790. The normalized spacial score (nSPS) is 15.2. The number of aromatic amines is 1. The molecular weight excluding hydrogens is 304 g/mol. The number of nitrogens with zero attached hydrogens (tertiary/aromatic N) is 4. The fourth-order valence-electron chi connectivity index (χ4n) is 2.25. The number of aryl methyl sites for hydroxylation is 1. The number of carbonyl (C=O) groups excluding carboxylic acids is 1. The predicted octanol–water partition coefficient (Wildman–Crippen LogP) is 0.454. The fraction of sp³-hybridized carbons (Fsp3) is 0.462. The number of thioether (sulfide) groups is 1. The lowest BCUT2D eigenvalue weighted by molar-refractivity contribution is -0.117. The van der Waals surface area contributed by atoms with Crippen LogP contribution in [-0.4, -0.2) is 58.2 Å². The summed E-state index contributed by atoms with van der Waals surface area (Å²) in [4.78, 5) is 23.4. The van der Waals surface area contributed by atoms with Gasteiger partial charge in [-0.1, -0.05) is 0 Å². The zero-order valence-corrected chi connectivity index (χ0v) is 13.3. The number of H-pyrrole nitrogens is 1. The highest BCUT2D eigenvalue weighted by Gasteiger charge is 2.21. The number of anilines is 1. The molecule has 3 rings (SSSR count). The molecule has 2 aromatic heterocycles. The van der Waals surface area contributed by atoms with E-state index < -0.39 is 0 Å². The van der Waals surface area contributed by atoms with Crippen molar-refractivity contribution in [1.29, 1.82) is 0 Å². The van der Waals surface area contributed by atoms with Crippen molar-refractivity contribution in [3.63, 3.8) is 0 Å². The number of fused-ring (bicyclic) bond motifs is 1. The second-order valence-corrected chi connectivity index (χ2v) is 5.99. The van der Waals surface area contributed by atoms with Gasteiger partial charge >= 0.3 is 0 Å². The third-order valence-electron chi connectivity index (χ3n) is 3.35. The highest BCUT2D eigenvalue weighted by molar-refractivity contribution is 8.04. The molecule has 9 heteroatoms. The van der Waals surface area contributed by atoms with Gasteiger partial charge in [-0.2, -0.15) is 0 Å². The first kappa shape index (κ1) is 14.9. The maximum Gasteiger partial charge on any atom is 0.259 e. The number of rotatable bonds is 5. The third-order valence-corrected chi connectivity index (χ3v) is 4.34. The second kappa shape index (κ2) is 6.41. The molecule has 0 aromatic carbocycles. The van der Waals surface area contributed by atoms with Crippen LogP contribution in [0.4, 0.5) is 5.82 Å². The molecule has 118 valence electrons. The van der Waals surface area contributed by atoms with Crippen molar-refractivity contribution in [2.24, 2.45) is 7.05 Å². The third kappa shape index (κ3) is 2.81. The smallest absolute Gasteiger partial charge is 0.259 e. The number of aromatic nitrogens is 4. The van der Waals surface area contributed by atoms with E-state index in [2.05, 4.69) is 20.4 Å². The molecule has 0 bridgehead atoms. The summed E-state index contributed by atoms with van der Waals surface area (Å²) in [5.41, 5.74) is 1.76. The van der Waals surface area contributed by atoms with E-state index in [-0.39, 0.29) is 5.91 Å². The lowest BCUT2D eigenvalue weighted by Crippen LogP contribution is -2.32. The molecule has 0 fully saturated rings. The SMILES string of the molecule is COCCNC(=O)C1=CN(c2ncnc3c2[nH]n3C)CCS1. The summed E-state index contributed by atoms with van der Waals surface area (Å²) >= 11 is 1.55. The second-order valence-electron chi connectivity index (χ2n) is 4.85. The predicted molar refractivity (Wildman–Crippen MR) is 85.6 cm³/mol. The van der Waals surface area contributed by atoms with Gasteiger partial charge in [0.15, 0.2) is 11.5 Å². The van der Waals surface area contributed by atoms with Gasteiger partial charge in [0.05, 0.1) is 11.5 Å². The molecule has 0 unspecified atom stereocenters. The molecule has 0 spiro atoms. The topological polar surface area (TPSA) is 88.1 Å². The monoisotopic (exact) mass is 322 g/mol. The van der Waals surface area contributed by atoms with Crippen LogP contribution >= 0.6 is 11.8 Å². The lowest BCUT2D eigenvalue weighted by atomic mass is 10.4. The van der Waals surface area contributed by atoms with Crippen molar-refractivity contribution >= 4 is 34.7 Å². The Hall–Kier alpha value is -2.00. The maximum absolute atomic E-state index is 12.1. The van der Waals surface area contributed by atoms with E-state index >= 15 is 0 Å². The summed E-state index contributed by atoms with van der Waals surface area (Å²) in [5, 5.41) is 5.99. The van der Waals surface area contributed by atoms with E-state index in [9.17, 15) is 4.79 Å². The number of ether oxygens (including phenoxy) is 1. The van der Waals surface area contributed by atoms with Crippen molar-refractivity contribution < 1.29 is 9.53 Å². The molecule has 22 heavy (non-hydrogen) atoms. The molecule has 0 radical (unpaired) electrons. The lowest BCUT2D eigenvalue weighted by Gasteiger charge is -2.26. The van der Waals surface area contributed by atoms with E-state index in [1.807, 2.05) is 22.8 Å². The largest absolute Gasteiger partial charge is 0.383 e. The molecule has 1 amide bonds. The summed E-state index contributed by atoms with van der Waals surface area (Å²) in [6.07, 6.45) is 3.39. The molecule has 1 aliphatic rings. The molecule has 0 saturated heterocycles. The molecule has 0 aliphatic carbocycles. The summed E-state index contributed by atoms with van der Waals surface area (Å²) < 4.78 is 6.77. The van der Waals surface area contributed by atoms with Crippen molar-refractivity contribution in [1.82, 2.24) is 25.1 Å². The number of hydrogen-bond donors (Lipinski definition) is 2. The number of amides is 1. The number of hydrogen-bond acceptors (Lipinski definition) is 6. The van der Waals surface area contributed by atoms with Gasteiger partial charge in [0.2, 0.25) is 0 Å². The Balaban J connectivity index is 1.78. The summed E-state index contributed by atoms with van der Waals surface area (Å²) in [6, 6.07) is 0. The Morgan fingerprint density at radius 2 is 2.41 bits per heavy atom. The highest BCUT2D eigenvalue weighted by atomic mass is 32.2. The van der Waals surface area contributed by atoms with Crippen LogP contribution < -0.4 is 10.2 Å². The highest BCUT2D eigenvalue weighted by Crippen LogP contribution is 2.28. The van der Waals surface area contributed by atoms with E-state index in [4.69, 9.17) is 4.74 Å². The van der Waals surface area contributed by atoms with Crippen LogP contribution in [-0.2, 0) is 16.6 Å². The standard InChI is InChI=1S/C13H18N6O2S/c1-18-11-10(17-18)12(16-8-15-11)19-4-6-22-9(7-19)13(20)14-3-5-21-2/h7-8,17H,3-6H2,1-2H3,(H,14,20). The maximum atomic E-state index is 12.1. The summed E-state index contributed by atoms with van der Waals surface area (Å²) in [7, 11) is 3.51.